The van der Waals surface area contributed by atoms with Crippen molar-refractivity contribution < 1.29 is 0 Å². The third kappa shape index (κ3) is 5.32. The van der Waals surface area contributed by atoms with E-state index < -0.39 is 0 Å². The summed E-state index contributed by atoms with van der Waals surface area (Å²) in [5, 5.41) is 5.06. The van der Waals surface area contributed by atoms with Crippen molar-refractivity contribution in [2.45, 2.75) is 0 Å². The van der Waals surface area contributed by atoms with E-state index in [1.807, 2.05) is 6.20 Å². The van der Waals surface area contributed by atoms with Gasteiger partial charge in [-0.25, -0.2) is 0 Å². The highest BCUT2D eigenvalue weighted by molar-refractivity contribution is 6.10. The number of para-hydroxylation sites is 4. The fraction of sp³-hybridized carbons (Fsp3) is 0. The van der Waals surface area contributed by atoms with Crippen LogP contribution in [0.2, 0.25) is 0 Å². The van der Waals surface area contributed by atoms with E-state index in [2.05, 4.69) is 215 Å². The lowest BCUT2D eigenvalue weighted by Crippen LogP contribution is -1.94. The molecular formula is C53H35N3. The molecule has 0 N–H and O–H groups in total. The first-order valence-corrected chi connectivity index (χ1v) is 19.1. The lowest BCUT2D eigenvalue weighted by Gasteiger charge is -2.12. The zero-order valence-corrected chi connectivity index (χ0v) is 30.5. The van der Waals surface area contributed by atoms with Crippen LogP contribution in [0.5, 0.6) is 0 Å². The number of hydrogen-bond acceptors (Lipinski definition) is 1. The van der Waals surface area contributed by atoms with E-state index in [1.165, 1.54) is 60.3 Å². The molecule has 0 bridgehead atoms. The molecule has 0 aliphatic heterocycles. The normalized spacial score (nSPS) is 11.6. The summed E-state index contributed by atoms with van der Waals surface area (Å²) in [5.74, 6) is 0. The number of benzene rings is 8. The fourth-order valence-electron chi connectivity index (χ4n) is 8.55. The number of hydrogen-bond donors (Lipinski definition) is 0. The minimum Gasteiger partial charge on any atom is -0.309 e. The summed E-state index contributed by atoms with van der Waals surface area (Å²) in [6.45, 7) is 0. The average molecular weight is 714 g/mol. The summed E-state index contributed by atoms with van der Waals surface area (Å²) in [6, 6.07) is 74.3. The minimum absolute atomic E-state index is 0.946. The molecule has 3 heterocycles. The standard InChI is InChI=1S/C53H35N3/c1-5-25-50-45(21-1)46-22-2-6-26-51(46)55(50)43-19-11-16-39(33-43)36-13-9-14-37(31-36)41-29-30-54-49(35-41)42-18-10-15-38(32-42)40-17-12-20-44(34-40)56-52-27-7-3-23-47(52)48-24-4-8-28-53(48)56/h1-35H. The Hall–Kier alpha value is -7.49. The molecule has 0 amide bonds. The van der Waals surface area contributed by atoms with Crippen molar-refractivity contribution in [1.29, 1.82) is 0 Å². The Morgan fingerprint density at radius 1 is 0.268 bits per heavy atom. The maximum absolute atomic E-state index is 4.86. The van der Waals surface area contributed by atoms with Crippen LogP contribution < -0.4 is 0 Å². The lowest BCUT2D eigenvalue weighted by molar-refractivity contribution is 1.18. The topological polar surface area (TPSA) is 22.8 Å². The second-order valence-electron chi connectivity index (χ2n) is 14.4. The van der Waals surface area contributed by atoms with E-state index in [0.29, 0.717) is 0 Å². The molecule has 56 heavy (non-hydrogen) atoms. The quantitative estimate of drug-likeness (QED) is 0.168. The van der Waals surface area contributed by atoms with Crippen molar-refractivity contribution in [3.63, 3.8) is 0 Å². The van der Waals surface area contributed by atoms with Gasteiger partial charge in [-0.2, -0.15) is 0 Å². The van der Waals surface area contributed by atoms with Crippen LogP contribution in [-0.2, 0) is 0 Å². The van der Waals surface area contributed by atoms with Crippen LogP contribution in [-0.4, -0.2) is 14.1 Å². The smallest absolute Gasteiger partial charge is 0.0708 e. The number of aromatic nitrogens is 3. The molecule has 11 aromatic rings. The molecular weight excluding hydrogens is 679 g/mol. The molecule has 8 aromatic carbocycles. The maximum Gasteiger partial charge on any atom is 0.0708 e. The van der Waals surface area contributed by atoms with Gasteiger partial charge in [-0.05, 0) is 106 Å². The van der Waals surface area contributed by atoms with Crippen LogP contribution in [0, 0.1) is 0 Å². The Bertz CT molecular complexity index is 2950. The van der Waals surface area contributed by atoms with Crippen LogP contribution in [0.25, 0.3) is 99.6 Å². The van der Waals surface area contributed by atoms with Gasteiger partial charge < -0.3 is 9.13 Å². The highest BCUT2D eigenvalue weighted by Crippen LogP contribution is 2.36. The summed E-state index contributed by atoms with van der Waals surface area (Å²) in [5.41, 5.74) is 16.1. The largest absolute Gasteiger partial charge is 0.309 e. The van der Waals surface area contributed by atoms with Crippen molar-refractivity contribution in [1.82, 2.24) is 14.1 Å². The molecule has 3 aromatic heterocycles. The molecule has 0 atom stereocenters. The second kappa shape index (κ2) is 13.1. The third-order valence-corrected chi connectivity index (χ3v) is 11.1. The molecule has 0 aliphatic rings. The highest BCUT2D eigenvalue weighted by Gasteiger charge is 2.14. The van der Waals surface area contributed by atoms with E-state index in [-0.39, 0.29) is 0 Å². The Labute approximate surface area is 325 Å². The van der Waals surface area contributed by atoms with E-state index in [4.69, 9.17) is 4.98 Å². The number of rotatable bonds is 6. The molecule has 0 aliphatic carbocycles. The van der Waals surface area contributed by atoms with Crippen LogP contribution in [0.3, 0.4) is 0 Å². The fourth-order valence-corrected chi connectivity index (χ4v) is 8.55. The first-order chi connectivity index (χ1) is 27.8. The third-order valence-electron chi connectivity index (χ3n) is 11.1. The molecule has 0 saturated heterocycles. The zero-order valence-electron chi connectivity index (χ0n) is 30.5. The van der Waals surface area contributed by atoms with Gasteiger partial charge in [0.05, 0.1) is 27.8 Å². The van der Waals surface area contributed by atoms with Gasteiger partial charge in [0.1, 0.15) is 0 Å². The number of pyridine rings is 1. The van der Waals surface area contributed by atoms with Crippen LogP contribution in [0.15, 0.2) is 212 Å². The Kier molecular flexibility index (Phi) is 7.49. The average Bonchev–Trinajstić information content (AvgIpc) is 3.80. The van der Waals surface area contributed by atoms with Gasteiger partial charge >= 0.3 is 0 Å². The summed E-state index contributed by atoms with van der Waals surface area (Å²) in [7, 11) is 0. The van der Waals surface area contributed by atoms with E-state index >= 15 is 0 Å². The van der Waals surface area contributed by atoms with E-state index in [9.17, 15) is 0 Å². The molecule has 0 unspecified atom stereocenters. The van der Waals surface area contributed by atoms with Gasteiger partial charge in [-0.15, -0.1) is 0 Å². The molecule has 0 radical (unpaired) electrons. The van der Waals surface area contributed by atoms with Crippen molar-refractivity contribution in [2.24, 2.45) is 0 Å². The minimum atomic E-state index is 0.946. The van der Waals surface area contributed by atoms with Gasteiger partial charge in [0.25, 0.3) is 0 Å². The molecule has 0 spiro atoms. The summed E-state index contributed by atoms with van der Waals surface area (Å²) in [4.78, 5) is 4.86. The second-order valence-corrected chi connectivity index (χ2v) is 14.4. The molecule has 262 valence electrons. The lowest BCUT2D eigenvalue weighted by atomic mass is 9.97. The molecule has 3 heteroatoms. The first kappa shape index (κ1) is 32.0. The number of nitrogens with zero attached hydrogens (tertiary/aromatic N) is 3. The predicted octanol–water partition coefficient (Wildman–Crippen LogP) is 13.9. The summed E-state index contributed by atoms with van der Waals surface area (Å²) < 4.78 is 4.75. The van der Waals surface area contributed by atoms with Crippen LogP contribution in [0.1, 0.15) is 0 Å². The molecule has 3 nitrogen and oxygen atoms in total. The summed E-state index contributed by atoms with van der Waals surface area (Å²) in [6.07, 6.45) is 1.93. The van der Waals surface area contributed by atoms with Gasteiger partial charge in [0, 0.05) is 44.7 Å². The van der Waals surface area contributed by atoms with E-state index in [1.54, 1.807) is 0 Å². The predicted molar refractivity (Wildman–Crippen MR) is 235 cm³/mol. The maximum atomic E-state index is 4.86. The van der Waals surface area contributed by atoms with Crippen molar-refractivity contribution in [3.8, 4) is 56.0 Å². The van der Waals surface area contributed by atoms with Gasteiger partial charge in [-0.3, -0.25) is 4.98 Å². The summed E-state index contributed by atoms with van der Waals surface area (Å²) >= 11 is 0. The van der Waals surface area contributed by atoms with E-state index in [0.717, 1.165) is 39.3 Å². The van der Waals surface area contributed by atoms with Gasteiger partial charge in [-0.1, -0.05) is 133 Å². The van der Waals surface area contributed by atoms with Gasteiger partial charge in [0.2, 0.25) is 0 Å². The zero-order chi connectivity index (χ0) is 37.0. The Balaban J connectivity index is 0.929. The van der Waals surface area contributed by atoms with Gasteiger partial charge in [0.15, 0.2) is 0 Å². The molecule has 11 rings (SSSR count). The van der Waals surface area contributed by atoms with Crippen LogP contribution >= 0.6 is 0 Å². The van der Waals surface area contributed by atoms with Crippen molar-refractivity contribution >= 4 is 43.6 Å². The van der Waals surface area contributed by atoms with Crippen LogP contribution in [0.4, 0.5) is 0 Å². The van der Waals surface area contributed by atoms with Crippen molar-refractivity contribution in [2.75, 3.05) is 0 Å². The monoisotopic (exact) mass is 713 g/mol. The molecule has 0 fully saturated rings. The first-order valence-electron chi connectivity index (χ1n) is 19.1. The Morgan fingerprint density at radius 3 is 1.05 bits per heavy atom. The Morgan fingerprint density at radius 2 is 0.607 bits per heavy atom. The van der Waals surface area contributed by atoms with Crippen molar-refractivity contribution in [3.05, 3.63) is 212 Å². The number of fused-ring (bicyclic) bond motifs is 6. The highest BCUT2D eigenvalue weighted by atomic mass is 15.0. The molecule has 0 saturated carbocycles. The SMILES string of the molecule is c1cc(-c2cccc(-n3c4ccccc4c4ccccc43)c2)cc(-c2ccnc(-c3cccc(-c4cccc(-n5c6ccccc6c6ccccc65)c4)c3)c2)c1.